The summed E-state index contributed by atoms with van der Waals surface area (Å²) in [5.74, 6) is 2.59. The van der Waals surface area contributed by atoms with Gasteiger partial charge in [0, 0.05) is 26.7 Å². The van der Waals surface area contributed by atoms with Gasteiger partial charge in [-0.05, 0) is 44.7 Å². The minimum absolute atomic E-state index is 0.0283. The second-order valence-corrected chi connectivity index (χ2v) is 6.38. The number of para-hydroxylation sites is 1. The van der Waals surface area contributed by atoms with Gasteiger partial charge < -0.3 is 19.7 Å². The predicted octanol–water partition coefficient (Wildman–Crippen LogP) is 2.78. The second kappa shape index (κ2) is 10.2. The summed E-state index contributed by atoms with van der Waals surface area (Å²) in [5.41, 5.74) is 0. The highest BCUT2D eigenvalue weighted by molar-refractivity contribution is 5.79. The van der Waals surface area contributed by atoms with Crippen molar-refractivity contribution in [1.82, 2.24) is 10.2 Å². The topological polar surface area (TPSA) is 46.1 Å². The van der Waals surface area contributed by atoms with Crippen molar-refractivity contribution in [3.63, 3.8) is 0 Å². The smallest absolute Gasteiger partial charge is 0.193 e. The van der Waals surface area contributed by atoms with Crippen LogP contribution < -0.4 is 10.1 Å². The average molecular weight is 333 g/mol. The molecule has 1 aromatic carbocycles. The molecule has 0 amide bonds. The van der Waals surface area contributed by atoms with Crippen molar-refractivity contribution in [2.75, 3.05) is 39.9 Å². The third-order valence-electron chi connectivity index (χ3n) is 3.90. The van der Waals surface area contributed by atoms with E-state index in [9.17, 15) is 0 Å². The highest BCUT2D eigenvalue weighted by atomic mass is 16.5. The number of ether oxygens (including phenoxy) is 2. The highest BCUT2D eigenvalue weighted by Gasteiger charge is 2.21. The molecule has 0 heterocycles. The van der Waals surface area contributed by atoms with Gasteiger partial charge >= 0.3 is 0 Å². The maximum absolute atomic E-state index is 5.88. The number of nitrogens with zero attached hydrogens (tertiary/aromatic N) is 2. The van der Waals surface area contributed by atoms with Crippen molar-refractivity contribution in [3.05, 3.63) is 30.3 Å². The first-order chi connectivity index (χ1) is 11.7. The lowest BCUT2D eigenvalue weighted by Crippen LogP contribution is -2.41. The molecule has 5 heteroatoms. The van der Waals surface area contributed by atoms with Crippen molar-refractivity contribution in [2.24, 2.45) is 10.9 Å². The third kappa shape index (κ3) is 7.21. The van der Waals surface area contributed by atoms with Gasteiger partial charge in [0.15, 0.2) is 5.96 Å². The Bertz CT molecular complexity index is 489. The van der Waals surface area contributed by atoms with Crippen LogP contribution in [0.4, 0.5) is 0 Å². The zero-order valence-electron chi connectivity index (χ0n) is 15.2. The first-order valence-electron chi connectivity index (χ1n) is 8.98. The first kappa shape index (κ1) is 18.6. The van der Waals surface area contributed by atoms with Crippen molar-refractivity contribution >= 4 is 5.96 Å². The van der Waals surface area contributed by atoms with Gasteiger partial charge in [-0.3, -0.25) is 0 Å². The van der Waals surface area contributed by atoms with Crippen LogP contribution in [-0.4, -0.2) is 56.9 Å². The van der Waals surface area contributed by atoms with Crippen LogP contribution in [0.15, 0.2) is 35.3 Å². The van der Waals surface area contributed by atoms with Crippen molar-refractivity contribution < 1.29 is 9.47 Å². The monoisotopic (exact) mass is 333 g/mol. The largest absolute Gasteiger partial charge is 0.489 e. The van der Waals surface area contributed by atoms with Gasteiger partial charge in [-0.15, -0.1) is 0 Å². The van der Waals surface area contributed by atoms with Crippen molar-refractivity contribution in [2.45, 2.75) is 32.8 Å². The normalized spacial score (nSPS) is 15.9. The second-order valence-electron chi connectivity index (χ2n) is 6.38. The molecule has 134 valence electrons. The minimum Gasteiger partial charge on any atom is -0.489 e. The Hall–Kier alpha value is -1.75. The Labute approximate surface area is 146 Å². The molecule has 5 nitrogen and oxygen atoms in total. The maximum Gasteiger partial charge on any atom is 0.193 e. The summed E-state index contributed by atoms with van der Waals surface area (Å²) in [7, 11) is 2.05. The molecule has 2 rings (SSSR count). The Morgan fingerprint density at radius 2 is 2.08 bits per heavy atom. The van der Waals surface area contributed by atoms with E-state index in [2.05, 4.69) is 22.1 Å². The number of aliphatic imine (C=N–C) groups is 1. The summed E-state index contributed by atoms with van der Waals surface area (Å²) >= 11 is 0. The highest BCUT2D eigenvalue weighted by Crippen LogP contribution is 2.28. The van der Waals surface area contributed by atoms with Crippen LogP contribution in [0.2, 0.25) is 0 Å². The van der Waals surface area contributed by atoms with Crippen LogP contribution in [0.1, 0.15) is 26.7 Å². The van der Waals surface area contributed by atoms with E-state index in [4.69, 9.17) is 9.47 Å². The number of likely N-dealkylation sites (N-methyl/N-ethyl adjacent to an activating group) is 1. The summed E-state index contributed by atoms with van der Waals surface area (Å²) in [6.45, 7) is 8.07. The van der Waals surface area contributed by atoms with Gasteiger partial charge in [0.05, 0.1) is 13.2 Å². The van der Waals surface area contributed by atoms with E-state index >= 15 is 0 Å². The van der Waals surface area contributed by atoms with Crippen LogP contribution in [0.25, 0.3) is 0 Å². The van der Waals surface area contributed by atoms with Gasteiger partial charge in [0.2, 0.25) is 0 Å². The Balaban J connectivity index is 1.74. The van der Waals surface area contributed by atoms with Gasteiger partial charge in [0.25, 0.3) is 0 Å². The van der Waals surface area contributed by atoms with E-state index in [1.807, 2.05) is 44.3 Å². The van der Waals surface area contributed by atoms with E-state index in [-0.39, 0.29) is 6.10 Å². The number of benzene rings is 1. The van der Waals surface area contributed by atoms with E-state index in [0.29, 0.717) is 6.54 Å². The fraction of sp³-hybridized carbons (Fsp3) is 0.632. The Kier molecular flexibility index (Phi) is 7.89. The lowest BCUT2D eigenvalue weighted by Gasteiger charge is -2.22. The Morgan fingerprint density at radius 3 is 2.75 bits per heavy atom. The fourth-order valence-corrected chi connectivity index (χ4v) is 2.30. The van der Waals surface area contributed by atoms with Gasteiger partial charge in [-0.25, -0.2) is 4.99 Å². The standard InChI is InChI=1S/C19H31N3O2/c1-4-20-19(22(3)12-13-23-15-17-10-11-17)21-14-16(2)24-18-8-6-5-7-9-18/h5-9,16-17H,4,10-15H2,1-3H3,(H,20,21). The number of hydrogen-bond donors (Lipinski definition) is 1. The molecular formula is C19H31N3O2. The molecule has 1 aromatic rings. The third-order valence-corrected chi connectivity index (χ3v) is 3.90. The number of nitrogens with one attached hydrogen (secondary N) is 1. The predicted molar refractivity (Wildman–Crippen MR) is 98.7 cm³/mol. The molecule has 1 N–H and O–H groups in total. The van der Waals surface area contributed by atoms with Crippen LogP contribution in [0.3, 0.4) is 0 Å². The molecule has 1 unspecified atom stereocenters. The van der Waals surface area contributed by atoms with Gasteiger partial charge in [-0.2, -0.15) is 0 Å². The molecule has 0 aliphatic heterocycles. The van der Waals surface area contributed by atoms with Crippen molar-refractivity contribution in [3.8, 4) is 5.75 Å². The molecule has 0 aromatic heterocycles. The lowest BCUT2D eigenvalue weighted by atomic mass is 10.3. The average Bonchev–Trinajstić information content (AvgIpc) is 3.40. The molecule has 0 spiro atoms. The number of guanidine groups is 1. The zero-order chi connectivity index (χ0) is 17.2. The molecule has 1 aliphatic carbocycles. The molecule has 1 fully saturated rings. The molecule has 1 aliphatic rings. The fourth-order valence-electron chi connectivity index (χ4n) is 2.30. The number of rotatable bonds is 10. The minimum atomic E-state index is 0.0283. The Morgan fingerprint density at radius 1 is 1.33 bits per heavy atom. The summed E-state index contributed by atoms with van der Waals surface area (Å²) in [4.78, 5) is 6.80. The SMILES string of the molecule is CCNC(=NCC(C)Oc1ccccc1)N(C)CCOCC1CC1. The molecular weight excluding hydrogens is 302 g/mol. The summed E-state index contributed by atoms with van der Waals surface area (Å²) < 4.78 is 11.6. The van der Waals surface area contributed by atoms with Crippen LogP contribution in [-0.2, 0) is 4.74 Å². The van der Waals surface area contributed by atoms with E-state index in [1.165, 1.54) is 12.8 Å². The molecule has 0 radical (unpaired) electrons. The van der Waals surface area contributed by atoms with E-state index in [0.717, 1.165) is 43.9 Å². The molecule has 1 atom stereocenters. The zero-order valence-corrected chi connectivity index (χ0v) is 15.2. The van der Waals surface area contributed by atoms with Crippen LogP contribution in [0.5, 0.6) is 5.75 Å². The molecule has 0 saturated heterocycles. The van der Waals surface area contributed by atoms with Crippen molar-refractivity contribution in [1.29, 1.82) is 0 Å². The summed E-state index contributed by atoms with van der Waals surface area (Å²) in [6, 6.07) is 9.87. The number of hydrogen-bond acceptors (Lipinski definition) is 3. The van der Waals surface area contributed by atoms with Gasteiger partial charge in [-0.1, -0.05) is 18.2 Å². The summed E-state index contributed by atoms with van der Waals surface area (Å²) in [5, 5.41) is 3.33. The maximum atomic E-state index is 5.88. The van der Waals surface area contributed by atoms with Crippen LogP contribution in [0, 0.1) is 5.92 Å². The van der Waals surface area contributed by atoms with E-state index in [1.54, 1.807) is 0 Å². The van der Waals surface area contributed by atoms with E-state index < -0.39 is 0 Å². The summed E-state index contributed by atoms with van der Waals surface area (Å²) in [6.07, 6.45) is 2.69. The molecule has 1 saturated carbocycles. The van der Waals surface area contributed by atoms with Crippen LogP contribution >= 0.6 is 0 Å². The quantitative estimate of drug-likeness (QED) is 0.406. The van der Waals surface area contributed by atoms with Gasteiger partial charge in [0.1, 0.15) is 11.9 Å². The molecule has 0 bridgehead atoms. The lowest BCUT2D eigenvalue weighted by molar-refractivity contribution is 0.115. The molecule has 24 heavy (non-hydrogen) atoms. The first-order valence-corrected chi connectivity index (χ1v) is 8.98.